The quantitative estimate of drug-likeness (QED) is 0.864. The molecule has 3 N–H and O–H groups in total. The van der Waals surface area contributed by atoms with Crippen LogP contribution in [0.2, 0.25) is 0 Å². The van der Waals surface area contributed by atoms with Gasteiger partial charge in [-0.05, 0) is 31.5 Å². The number of amides is 1. The highest BCUT2D eigenvalue weighted by Crippen LogP contribution is 2.29. The topological polar surface area (TPSA) is 78.9 Å². The standard InChI is InChI=1S/C12H12F3N3O/c1-7-3-4-8(6-16)5-9(7)18-10(19)11(2,17)12(13,14)15/h3-5H,17H2,1-2H3,(H,18,19). The van der Waals surface area contributed by atoms with Crippen LogP contribution in [0.4, 0.5) is 18.9 Å². The Balaban J connectivity index is 3.04. The molecule has 0 fully saturated rings. The Kier molecular flexibility index (Phi) is 3.86. The zero-order chi connectivity index (χ0) is 14.8. The van der Waals surface area contributed by atoms with Crippen LogP contribution in [-0.4, -0.2) is 17.6 Å². The minimum atomic E-state index is -4.86. The third-order valence-electron chi connectivity index (χ3n) is 2.68. The van der Waals surface area contributed by atoms with Gasteiger partial charge in [-0.25, -0.2) is 0 Å². The van der Waals surface area contributed by atoms with Crippen LogP contribution in [0.5, 0.6) is 0 Å². The number of halogens is 3. The van der Waals surface area contributed by atoms with Crippen LogP contribution in [0.25, 0.3) is 0 Å². The Morgan fingerprint density at radius 2 is 2.00 bits per heavy atom. The molecule has 0 radical (unpaired) electrons. The molecular formula is C12H12F3N3O. The van der Waals surface area contributed by atoms with Gasteiger partial charge in [0.15, 0.2) is 5.54 Å². The van der Waals surface area contributed by atoms with E-state index in [0.717, 1.165) is 0 Å². The van der Waals surface area contributed by atoms with Gasteiger partial charge in [-0.3, -0.25) is 4.79 Å². The molecule has 0 spiro atoms. The molecule has 1 rings (SSSR count). The number of rotatable bonds is 2. The molecule has 0 bridgehead atoms. The predicted octanol–water partition coefficient (Wildman–Crippen LogP) is 2.08. The second kappa shape index (κ2) is 4.90. The second-order valence-corrected chi connectivity index (χ2v) is 4.30. The maximum Gasteiger partial charge on any atom is 0.415 e. The SMILES string of the molecule is Cc1ccc(C#N)cc1NC(=O)C(C)(N)C(F)(F)F. The molecule has 0 aliphatic rings. The van der Waals surface area contributed by atoms with E-state index in [1.165, 1.54) is 18.2 Å². The van der Waals surface area contributed by atoms with Crippen LogP contribution in [0.1, 0.15) is 18.1 Å². The average molecular weight is 271 g/mol. The normalized spacial score (nSPS) is 14.4. The highest BCUT2D eigenvalue weighted by Gasteiger charge is 2.54. The van der Waals surface area contributed by atoms with Gasteiger partial charge in [0.2, 0.25) is 0 Å². The van der Waals surface area contributed by atoms with E-state index in [-0.39, 0.29) is 11.3 Å². The summed E-state index contributed by atoms with van der Waals surface area (Å²) in [6.07, 6.45) is -4.86. The summed E-state index contributed by atoms with van der Waals surface area (Å²) in [5.41, 5.74) is 2.90. The first-order chi connectivity index (χ1) is 8.59. The number of benzene rings is 1. The van der Waals surface area contributed by atoms with Crippen LogP contribution >= 0.6 is 0 Å². The maximum atomic E-state index is 12.6. The van der Waals surface area contributed by atoms with Crippen molar-refractivity contribution in [2.75, 3.05) is 5.32 Å². The summed E-state index contributed by atoms with van der Waals surface area (Å²) < 4.78 is 37.8. The fourth-order valence-electron chi connectivity index (χ4n) is 1.21. The molecule has 0 saturated heterocycles. The first-order valence-corrected chi connectivity index (χ1v) is 5.27. The number of hydrogen-bond acceptors (Lipinski definition) is 3. The molecule has 1 aromatic carbocycles. The van der Waals surface area contributed by atoms with E-state index in [0.29, 0.717) is 12.5 Å². The van der Waals surface area contributed by atoms with Crippen molar-refractivity contribution in [2.24, 2.45) is 5.73 Å². The van der Waals surface area contributed by atoms with Gasteiger partial charge in [0.25, 0.3) is 5.91 Å². The summed E-state index contributed by atoms with van der Waals surface area (Å²) in [5, 5.41) is 10.8. The van der Waals surface area contributed by atoms with Crippen molar-refractivity contribution in [2.45, 2.75) is 25.6 Å². The number of carbonyl (C=O) groups is 1. The molecule has 1 amide bonds. The number of nitrogens with zero attached hydrogens (tertiary/aromatic N) is 1. The third kappa shape index (κ3) is 3.03. The highest BCUT2D eigenvalue weighted by molar-refractivity contribution is 5.99. The molecule has 0 aromatic heterocycles. The third-order valence-corrected chi connectivity index (χ3v) is 2.68. The Morgan fingerprint density at radius 3 is 2.47 bits per heavy atom. The second-order valence-electron chi connectivity index (χ2n) is 4.30. The Morgan fingerprint density at radius 1 is 1.42 bits per heavy atom. The summed E-state index contributed by atoms with van der Waals surface area (Å²) in [6.45, 7) is 2.18. The summed E-state index contributed by atoms with van der Waals surface area (Å²) in [5.74, 6) is -1.38. The summed E-state index contributed by atoms with van der Waals surface area (Å²) >= 11 is 0. The molecule has 0 aliphatic carbocycles. The molecule has 1 aromatic rings. The molecular weight excluding hydrogens is 259 g/mol. The van der Waals surface area contributed by atoms with E-state index in [1.807, 2.05) is 6.07 Å². The van der Waals surface area contributed by atoms with Crippen molar-refractivity contribution >= 4 is 11.6 Å². The van der Waals surface area contributed by atoms with Crippen molar-refractivity contribution in [1.82, 2.24) is 0 Å². The highest BCUT2D eigenvalue weighted by atomic mass is 19.4. The van der Waals surface area contributed by atoms with Crippen molar-refractivity contribution in [1.29, 1.82) is 5.26 Å². The molecule has 102 valence electrons. The largest absolute Gasteiger partial charge is 0.415 e. The number of nitriles is 1. The first kappa shape index (κ1) is 15.0. The molecule has 0 aliphatic heterocycles. The smallest absolute Gasteiger partial charge is 0.324 e. The van der Waals surface area contributed by atoms with Gasteiger partial charge in [0, 0.05) is 5.69 Å². The first-order valence-electron chi connectivity index (χ1n) is 5.27. The van der Waals surface area contributed by atoms with E-state index >= 15 is 0 Å². The van der Waals surface area contributed by atoms with E-state index < -0.39 is 17.6 Å². The lowest BCUT2D eigenvalue weighted by Crippen LogP contribution is -2.59. The van der Waals surface area contributed by atoms with E-state index in [2.05, 4.69) is 5.32 Å². The molecule has 7 heteroatoms. The fraction of sp³-hybridized carbons (Fsp3) is 0.333. The van der Waals surface area contributed by atoms with Gasteiger partial charge in [0.05, 0.1) is 11.6 Å². The number of nitrogens with two attached hydrogens (primary N) is 1. The monoisotopic (exact) mass is 271 g/mol. The minimum Gasteiger partial charge on any atom is -0.324 e. The van der Waals surface area contributed by atoms with Gasteiger partial charge in [-0.2, -0.15) is 18.4 Å². The zero-order valence-electron chi connectivity index (χ0n) is 10.3. The summed E-state index contributed by atoms with van der Waals surface area (Å²) in [4.78, 5) is 11.6. The van der Waals surface area contributed by atoms with Crippen LogP contribution < -0.4 is 11.1 Å². The zero-order valence-corrected chi connectivity index (χ0v) is 10.3. The summed E-state index contributed by atoms with van der Waals surface area (Å²) in [6, 6.07) is 6.14. The number of hydrogen-bond donors (Lipinski definition) is 2. The van der Waals surface area contributed by atoms with Crippen LogP contribution in [-0.2, 0) is 4.79 Å². The Bertz CT molecular complexity index is 544. The summed E-state index contributed by atoms with van der Waals surface area (Å²) in [7, 11) is 0. The number of carbonyl (C=O) groups excluding carboxylic acids is 1. The number of anilines is 1. The van der Waals surface area contributed by atoms with Crippen molar-refractivity contribution in [3.05, 3.63) is 29.3 Å². The van der Waals surface area contributed by atoms with Gasteiger partial charge in [-0.1, -0.05) is 6.07 Å². The average Bonchev–Trinajstić information content (AvgIpc) is 2.30. The van der Waals surface area contributed by atoms with Gasteiger partial charge >= 0.3 is 6.18 Å². The maximum absolute atomic E-state index is 12.6. The van der Waals surface area contributed by atoms with E-state index in [1.54, 1.807) is 6.92 Å². The molecule has 1 unspecified atom stereocenters. The number of alkyl halides is 3. The fourth-order valence-corrected chi connectivity index (χ4v) is 1.21. The lowest BCUT2D eigenvalue weighted by Gasteiger charge is -2.26. The Hall–Kier alpha value is -2.07. The van der Waals surface area contributed by atoms with E-state index in [9.17, 15) is 18.0 Å². The lowest BCUT2D eigenvalue weighted by atomic mass is 10.0. The van der Waals surface area contributed by atoms with Gasteiger partial charge in [0.1, 0.15) is 0 Å². The van der Waals surface area contributed by atoms with Gasteiger partial charge in [-0.15, -0.1) is 0 Å². The Labute approximate surface area is 108 Å². The number of nitrogens with one attached hydrogen (secondary N) is 1. The van der Waals surface area contributed by atoms with Crippen LogP contribution in [0.15, 0.2) is 18.2 Å². The molecule has 1 atom stereocenters. The molecule has 0 heterocycles. The number of aryl methyl sites for hydroxylation is 1. The molecule has 19 heavy (non-hydrogen) atoms. The van der Waals surface area contributed by atoms with E-state index in [4.69, 9.17) is 11.0 Å². The molecule has 4 nitrogen and oxygen atoms in total. The minimum absolute atomic E-state index is 0.130. The van der Waals surface area contributed by atoms with Crippen molar-refractivity contribution in [3.8, 4) is 6.07 Å². The van der Waals surface area contributed by atoms with Crippen LogP contribution in [0.3, 0.4) is 0 Å². The lowest BCUT2D eigenvalue weighted by molar-refractivity contribution is -0.184. The molecule has 0 saturated carbocycles. The van der Waals surface area contributed by atoms with Crippen LogP contribution in [0, 0.1) is 18.3 Å². The van der Waals surface area contributed by atoms with Gasteiger partial charge < -0.3 is 11.1 Å². The van der Waals surface area contributed by atoms with Crippen molar-refractivity contribution < 1.29 is 18.0 Å². The van der Waals surface area contributed by atoms with Crippen molar-refractivity contribution in [3.63, 3.8) is 0 Å². The predicted molar refractivity (Wildman–Crippen MR) is 63.2 cm³/mol.